The van der Waals surface area contributed by atoms with Crippen LogP contribution in [-0.2, 0) is 0 Å². The van der Waals surface area contributed by atoms with Crippen LogP contribution in [0, 0.1) is 0 Å². The number of hydrogen-bond donors (Lipinski definition) is 2. The molecule has 0 aliphatic rings. The molecule has 0 aliphatic heterocycles. The van der Waals surface area contributed by atoms with Crippen LogP contribution in [0.3, 0.4) is 0 Å². The summed E-state index contributed by atoms with van der Waals surface area (Å²) in [5.41, 5.74) is 3.45. The average molecular weight is 399 g/mol. The van der Waals surface area contributed by atoms with E-state index in [1.807, 2.05) is 42.5 Å². The first-order valence-electron chi connectivity index (χ1n) is 8.97. The Bertz CT molecular complexity index is 1120. The summed E-state index contributed by atoms with van der Waals surface area (Å²) in [4.78, 5) is 29.3. The molecule has 3 aromatic carbocycles. The number of para-hydroxylation sites is 1. The highest BCUT2D eigenvalue weighted by Crippen LogP contribution is 2.22. The van der Waals surface area contributed by atoms with E-state index in [2.05, 4.69) is 15.6 Å². The summed E-state index contributed by atoms with van der Waals surface area (Å²) in [7, 11) is 0. The molecule has 0 spiro atoms. The SMILES string of the molecule is O=C(Nc1ccccc1C(=O)Nc1nccs1)c1ccc(-c2ccccc2)cc1. The van der Waals surface area contributed by atoms with Crippen LogP contribution in [0.5, 0.6) is 0 Å². The Balaban J connectivity index is 1.51. The van der Waals surface area contributed by atoms with Gasteiger partial charge in [0.2, 0.25) is 0 Å². The summed E-state index contributed by atoms with van der Waals surface area (Å²) in [6, 6.07) is 24.2. The predicted octanol–water partition coefficient (Wildman–Crippen LogP) is 5.31. The number of carbonyl (C=O) groups excluding carboxylic acids is 2. The third-order valence-corrected chi connectivity index (χ3v) is 5.02. The highest BCUT2D eigenvalue weighted by atomic mass is 32.1. The van der Waals surface area contributed by atoms with Gasteiger partial charge in [0, 0.05) is 17.1 Å². The highest BCUT2D eigenvalue weighted by Gasteiger charge is 2.15. The van der Waals surface area contributed by atoms with Gasteiger partial charge in [-0.3, -0.25) is 14.9 Å². The molecule has 0 fully saturated rings. The van der Waals surface area contributed by atoms with Gasteiger partial charge in [0.1, 0.15) is 0 Å². The second-order valence-corrected chi connectivity index (χ2v) is 7.13. The van der Waals surface area contributed by atoms with E-state index in [0.717, 1.165) is 11.1 Å². The van der Waals surface area contributed by atoms with Gasteiger partial charge in [-0.1, -0.05) is 54.6 Å². The second kappa shape index (κ2) is 8.50. The van der Waals surface area contributed by atoms with Crippen LogP contribution in [0.1, 0.15) is 20.7 Å². The lowest BCUT2D eigenvalue weighted by Crippen LogP contribution is -2.18. The first-order chi connectivity index (χ1) is 14.2. The second-order valence-electron chi connectivity index (χ2n) is 6.23. The van der Waals surface area contributed by atoms with Crippen molar-refractivity contribution in [3.8, 4) is 11.1 Å². The Labute approximate surface area is 172 Å². The first kappa shape index (κ1) is 18.6. The van der Waals surface area contributed by atoms with E-state index < -0.39 is 0 Å². The van der Waals surface area contributed by atoms with Crippen molar-refractivity contribution in [2.75, 3.05) is 10.6 Å². The molecule has 0 atom stereocenters. The zero-order chi connectivity index (χ0) is 20.1. The molecule has 2 amide bonds. The van der Waals surface area contributed by atoms with Crippen molar-refractivity contribution >= 4 is 34.0 Å². The Morgan fingerprint density at radius 3 is 2.14 bits per heavy atom. The van der Waals surface area contributed by atoms with Crippen LogP contribution in [0.15, 0.2) is 90.4 Å². The van der Waals surface area contributed by atoms with E-state index in [1.54, 1.807) is 48.0 Å². The number of rotatable bonds is 5. The average Bonchev–Trinajstić information content (AvgIpc) is 3.28. The minimum atomic E-state index is -0.324. The maximum atomic E-state index is 12.7. The van der Waals surface area contributed by atoms with E-state index in [4.69, 9.17) is 0 Å². The summed E-state index contributed by atoms with van der Waals surface area (Å²) in [5.74, 6) is -0.602. The quantitative estimate of drug-likeness (QED) is 0.477. The number of anilines is 2. The first-order valence-corrected chi connectivity index (χ1v) is 9.85. The van der Waals surface area contributed by atoms with Crippen molar-refractivity contribution in [1.29, 1.82) is 0 Å². The van der Waals surface area contributed by atoms with Crippen molar-refractivity contribution in [3.05, 3.63) is 102 Å². The fraction of sp³-hybridized carbons (Fsp3) is 0. The molecule has 4 aromatic rings. The van der Waals surface area contributed by atoms with Crippen LogP contribution in [0.4, 0.5) is 10.8 Å². The Hall–Kier alpha value is -3.77. The molecule has 29 heavy (non-hydrogen) atoms. The number of nitrogens with one attached hydrogen (secondary N) is 2. The smallest absolute Gasteiger partial charge is 0.259 e. The van der Waals surface area contributed by atoms with E-state index in [-0.39, 0.29) is 11.8 Å². The van der Waals surface area contributed by atoms with Gasteiger partial charge in [-0.2, -0.15) is 0 Å². The van der Waals surface area contributed by atoms with Crippen molar-refractivity contribution in [2.45, 2.75) is 0 Å². The van der Waals surface area contributed by atoms with Gasteiger partial charge < -0.3 is 5.32 Å². The third kappa shape index (κ3) is 4.39. The molecular formula is C23H17N3O2S. The molecule has 6 heteroatoms. The van der Waals surface area contributed by atoms with Crippen molar-refractivity contribution in [1.82, 2.24) is 4.98 Å². The fourth-order valence-corrected chi connectivity index (χ4v) is 3.40. The lowest BCUT2D eigenvalue weighted by atomic mass is 10.0. The van der Waals surface area contributed by atoms with Crippen LogP contribution >= 0.6 is 11.3 Å². The molecular weight excluding hydrogens is 382 g/mol. The molecule has 0 saturated heterocycles. The van der Waals surface area contributed by atoms with Crippen LogP contribution in [0.25, 0.3) is 11.1 Å². The van der Waals surface area contributed by atoms with E-state index in [0.29, 0.717) is 21.9 Å². The number of amides is 2. The van der Waals surface area contributed by atoms with Crippen LogP contribution < -0.4 is 10.6 Å². The van der Waals surface area contributed by atoms with Crippen LogP contribution in [-0.4, -0.2) is 16.8 Å². The Morgan fingerprint density at radius 2 is 1.41 bits per heavy atom. The standard InChI is InChI=1S/C23H17N3O2S/c27-21(18-12-10-17(11-13-18)16-6-2-1-3-7-16)25-20-9-5-4-8-19(20)22(28)26-23-24-14-15-29-23/h1-15H,(H,25,27)(H,24,26,28). The van der Waals surface area contributed by atoms with Crippen molar-refractivity contribution in [2.24, 2.45) is 0 Å². The van der Waals surface area contributed by atoms with Crippen molar-refractivity contribution < 1.29 is 9.59 Å². The van der Waals surface area contributed by atoms with Gasteiger partial charge in [-0.05, 0) is 35.4 Å². The number of benzene rings is 3. The van der Waals surface area contributed by atoms with E-state index in [1.165, 1.54) is 11.3 Å². The normalized spacial score (nSPS) is 10.3. The third-order valence-electron chi connectivity index (χ3n) is 4.33. The summed E-state index contributed by atoms with van der Waals surface area (Å²) in [5, 5.41) is 7.85. The molecule has 0 radical (unpaired) electrons. The maximum absolute atomic E-state index is 12.7. The maximum Gasteiger partial charge on any atom is 0.259 e. The molecule has 0 unspecified atom stereocenters. The summed E-state index contributed by atoms with van der Waals surface area (Å²) >= 11 is 1.33. The minimum Gasteiger partial charge on any atom is -0.321 e. The van der Waals surface area contributed by atoms with Gasteiger partial charge in [-0.25, -0.2) is 4.98 Å². The molecule has 1 aromatic heterocycles. The number of carbonyl (C=O) groups is 2. The van der Waals surface area contributed by atoms with Gasteiger partial charge in [0.15, 0.2) is 5.13 Å². The summed E-state index contributed by atoms with van der Waals surface area (Å²) < 4.78 is 0. The zero-order valence-corrected chi connectivity index (χ0v) is 16.1. The summed E-state index contributed by atoms with van der Waals surface area (Å²) in [6.07, 6.45) is 1.62. The number of aromatic nitrogens is 1. The lowest BCUT2D eigenvalue weighted by Gasteiger charge is -2.11. The predicted molar refractivity (Wildman–Crippen MR) is 116 cm³/mol. The molecule has 5 nitrogen and oxygen atoms in total. The molecule has 2 N–H and O–H groups in total. The highest BCUT2D eigenvalue weighted by molar-refractivity contribution is 7.13. The molecule has 4 rings (SSSR count). The lowest BCUT2D eigenvalue weighted by molar-refractivity contribution is 0.102. The van der Waals surface area contributed by atoms with Gasteiger partial charge in [-0.15, -0.1) is 11.3 Å². The monoisotopic (exact) mass is 399 g/mol. The van der Waals surface area contributed by atoms with E-state index in [9.17, 15) is 9.59 Å². The summed E-state index contributed by atoms with van der Waals surface area (Å²) in [6.45, 7) is 0. The number of thiazole rings is 1. The molecule has 0 aliphatic carbocycles. The van der Waals surface area contributed by atoms with Crippen molar-refractivity contribution in [3.63, 3.8) is 0 Å². The molecule has 142 valence electrons. The number of nitrogens with zero attached hydrogens (tertiary/aromatic N) is 1. The van der Waals surface area contributed by atoms with Gasteiger partial charge in [0.25, 0.3) is 11.8 Å². The van der Waals surface area contributed by atoms with Gasteiger partial charge in [0.05, 0.1) is 11.3 Å². The molecule has 0 bridgehead atoms. The Morgan fingerprint density at radius 1 is 0.724 bits per heavy atom. The number of hydrogen-bond acceptors (Lipinski definition) is 4. The van der Waals surface area contributed by atoms with Crippen LogP contribution in [0.2, 0.25) is 0 Å². The van der Waals surface area contributed by atoms with E-state index >= 15 is 0 Å². The van der Waals surface area contributed by atoms with Gasteiger partial charge >= 0.3 is 0 Å². The molecule has 0 saturated carbocycles. The minimum absolute atomic E-state index is 0.279. The fourth-order valence-electron chi connectivity index (χ4n) is 2.88. The topological polar surface area (TPSA) is 71.1 Å². The zero-order valence-electron chi connectivity index (χ0n) is 15.3. The largest absolute Gasteiger partial charge is 0.321 e. The Kier molecular flexibility index (Phi) is 5.45. The molecule has 1 heterocycles.